The number of carboxylic acids is 3. The summed E-state index contributed by atoms with van der Waals surface area (Å²) < 4.78 is 20.6. The van der Waals surface area contributed by atoms with Crippen LogP contribution >= 0.6 is 0 Å². The Hall–Kier alpha value is -3.34. The van der Waals surface area contributed by atoms with Crippen LogP contribution in [0.1, 0.15) is 122 Å². The van der Waals surface area contributed by atoms with E-state index in [9.17, 15) is 33.9 Å². The molecule has 0 aliphatic carbocycles. The SMILES string of the molecule is O=C(O)CCCCCCCCCCCCCCCCCC(=O)N[C@@H](CCC(=O)NCCOCCOCC(=O)NCCOCCOCC(=O)O)C(=O)O. The Kier molecular flexibility index (Phi) is 33.7. The zero-order chi connectivity index (χ0) is 38.5. The molecule has 0 spiro atoms. The van der Waals surface area contributed by atoms with E-state index in [1.807, 2.05) is 0 Å². The Morgan fingerprint density at radius 1 is 0.423 bits per heavy atom. The molecule has 6 N–H and O–H groups in total. The van der Waals surface area contributed by atoms with Crippen LogP contribution in [-0.4, -0.2) is 123 Å². The normalized spacial score (nSPS) is 11.5. The molecule has 3 amide bonds. The first-order chi connectivity index (χ1) is 25.1. The lowest BCUT2D eigenvalue weighted by Crippen LogP contribution is -2.41. The van der Waals surface area contributed by atoms with E-state index in [0.29, 0.717) is 6.42 Å². The number of nitrogens with one attached hydrogen (secondary N) is 3. The molecule has 0 unspecified atom stereocenters. The Labute approximate surface area is 308 Å². The summed E-state index contributed by atoms with van der Waals surface area (Å²) >= 11 is 0. The van der Waals surface area contributed by atoms with Gasteiger partial charge in [-0.2, -0.15) is 0 Å². The van der Waals surface area contributed by atoms with Crippen LogP contribution in [0.15, 0.2) is 0 Å². The van der Waals surface area contributed by atoms with Gasteiger partial charge in [0.05, 0.1) is 39.6 Å². The predicted molar refractivity (Wildman–Crippen MR) is 192 cm³/mol. The van der Waals surface area contributed by atoms with Crippen molar-refractivity contribution in [3.8, 4) is 0 Å². The van der Waals surface area contributed by atoms with Gasteiger partial charge in [-0.1, -0.05) is 83.5 Å². The van der Waals surface area contributed by atoms with Crippen molar-refractivity contribution in [1.29, 1.82) is 0 Å². The van der Waals surface area contributed by atoms with Gasteiger partial charge >= 0.3 is 17.9 Å². The summed E-state index contributed by atoms with van der Waals surface area (Å²) in [6, 6.07) is -1.13. The number of carboxylic acid groups (broad SMARTS) is 3. The molecule has 16 nitrogen and oxygen atoms in total. The molecular weight excluding hydrogens is 682 g/mol. The number of ether oxygens (including phenoxy) is 4. The minimum atomic E-state index is -1.18. The minimum absolute atomic E-state index is 0.0222. The van der Waals surface area contributed by atoms with Gasteiger partial charge in [-0.25, -0.2) is 9.59 Å². The quantitative estimate of drug-likeness (QED) is 0.0495. The number of hydrogen-bond donors (Lipinski definition) is 6. The van der Waals surface area contributed by atoms with Crippen LogP contribution in [0.3, 0.4) is 0 Å². The zero-order valence-corrected chi connectivity index (χ0v) is 31.0. The fraction of sp³-hybridized carbons (Fsp3) is 0.833. The average molecular weight is 748 g/mol. The molecule has 0 aromatic heterocycles. The van der Waals surface area contributed by atoms with Crippen LogP contribution in [0.4, 0.5) is 0 Å². The van der Waals surface area contributed by atoms with E-state index in [4.69, 9.17) is 29.2 Å². The second-order valence-electron chi connectivity index (χ2n) is 12.6. The molecule has 0 saturated heterocycles. The monoisotopic (exact) mass is 747 g/mol. The van der Waals surface area contributed by atoms with Crippen molar-refractivity contribution < 1.29 is 63.0 Å². The second-order valence-corrected chi connectivity index (χ2v) is 12.6. The standard InChI is InChI=1S/C36H65N3O13/c40-31(37-20-22-49-24-26-51-28-33(42)38-21-23-50-25-27-52-29-35(45)46)19-18-30(36(47)48)39-32(41)16-14-12-10-8-6-4-2-1-3-5-7-9-11-13-15-17-34(43)44/h30H,1-29H2,(H,37,40)(H,38,42)(H,39,41)(H,43,44)(H,45,46)(H,47,48)/t30-/m0/s1. The van der Waals surface area contributed by atoms with Crippen molar-refractivity contribution in [3.05, 3.63) is 0 Å². The zero-order valence-electron chi connectivity index (χ0n) is 31.0. The van der Waals surface area contributed by atoms with E-state index in [1.165, 1.54) is 51.4 Å². The molecule has 0 saturated carbocycles. The summed E-state index contributed by atoms with van der Waals surface area (Å²) in [6.45, 7) is 1.11. The van der Waals surface area contributed by atoms with Crippen molar-refractivity contribution in [2.24, 2.45) is 0 Å². The summed E-state index contributed by atoms with van der Waals surface area (Å²) in [6.07, 6.45) is 16.9. The van der Waals surface area contributed by atoms with Gasteiger partial charge in [-0.15, -0.1) is 0 Å². The molecule has 0 radical (unpaired) electrons. The largest absolute Gasteiger partial charge is 0.481 e. The van der Waals surface area contributed by atoms with Gasteiger partial charge in [0.15, 0.2) is 0 Å². The highest BCUT2D eigenvalue weighted by Crippen LogP contribution is 2.14. The molecule has 0 rings (SSSR count). The fourth-order valence-electron chi connectivity index (χ4n) is 5.09. The second kappa shape index (κ2) is 36.0. The Morgan fingerprint density at radius 3 is 1.31 bits per heavy atom. The highest BCUT2D eigenvalue weighted by Gasteiger charge is 2.20. The van der Waals surface area contributed by atoms with E-state index in [0.717, 1.165) is 38.5 Å². The van der Waals surface area contributed by atoms with Crippen molar-refractivity contribution in [2.75, 3.05) is 65.9 Å². The number of carbonyl (C=O) groups is 6. The van der Waals surface area contributed by atoms with Crippen LogP contribution in [0.2, 0.25) is 0 Å². The highest BCUT2D eigenvalue weighted by molar-refractivity contribution is 5.84. The van der Waals surface area contributed by atoms with E-state index < -0.39 is 23.9 Å². The summed E-state index contributed by atoms with van der Waals surface area (Å²) in [5, 5.41) is 34.3. The highest BCUT2D eigenvalue weighted by atomic mass is 16.5. The van der Waals surface area contributed by atoms with Crippen LogP contribution < -0.4 is 16.0 Å². The number of aliphatic carboxylic acids is 3. The van der Waals surface area contributed by atoms with Crippen LogP contribution in [0.5, 0.6) is 0 Å². The molecule has 0 aromatic rings. The molecule has 16 heteroatoms. The Balaban J connectivity index is 3.65. The lowest BCUT2D eigenvalue weighted by atomic mass is 10.0. The van der Waals surface area contributed by atoms with Crippen LogP contribution in [0.25, 0.3) is 0 Å². The van der Waals surface area contributed by atoms with Crippen molar-refractivity contribution >= 4 is 35.6 Å². The third-order valence-electron chi connectivity index (χ3n) is 7.93. The lowest BCUT2D eigenvalue weighted by Gasteiger charge is -2.14. The first kappa shape index (κ1) is 48.7. The maximum Gasteiger partial charge on any atom is 0.329 e. The maximum atomic E-state index is 12.3. The van der Waals surface area contributed by atoms with Crippen molar-refractivity contribution in [2.45, 2.75) is 128 Å². The first-order valence-electron chi connectivity index (χ1n) is 18.9. The minimum Gasteiger partial charge on any atom is -0.481 e. The van der Waals surface area contributed by atoms with Gasteiger partial charge in [-0.3, -0.25) is 19.2 Å². The lowest BCUT2D eigenvalue weighted by molar-refractivity contribution is -0.143. The summed E-state index contributed by atoms with van der Waals surface area (Å²) in [4.78, 5) is 68.5. The number of carbonyl (C=O) groups excluding carboxylic acids is 3. The van der Waals surface area contributed by atoms with Gasteiger partial charge in [0.2, 0.25) is 17.7 Å². The molecule has 0 aliphatic heterocycles. The third-order valence-corrected chi connectivity index (χ3v) is 7.93. The number of unbranched alkanes of at least 4 members (excludes halogenated alkanes) is 14. The summed E-state index contributed by atoms with van der Waals surface area (Å²) in [5.41, 5.74) is 0. The molecule has 0 fully saturated rings. The van der Waals surface area contributed by atoms with Gasteiger partial charge in [0.25, 0.3) is 0 Å². The molecule has 0 aliphatic rings. The maximum absolute atomic E-state index is 12.3. The van der Waals surface area contributed by atoms with Gasteiger partial charge in [0, 0.05) is 32.4 Å². The topological polar surface area (TPSA) is 236 Å². The van der Waals surface area contributed by atoms with Crippen molar-refractivity contribution in [3.63, 3.8) is 0 Å². The van der Waals surface area contributed by atoms with E-state index in [-0.39, 0.29) is 109 Å². The van der Waals surface area contributed by atoms with E-state index >= 15 is 0 Å². The van der Waals surface area contributed by atoms with Gasteiger partial charge < -0.3 is 50.2 Å². The molecule has 0 aromatic carbocycles. The third kappa shape index (κ3) is 36.5. The van der Waals surface area contributed by atoms with Gasteiger partial charge in [-0.05, 0) is 19.3 Å². The fourth-order valence-corrected chi connectivity index (χ4v) is 5.09. The van der Waals surface area contributed by atoms with Crippen molar-refractivity contribution in [1.82, 2.24) is 16.0 Å². The molecule has 302 valence electrons. The van der Waals surface area contributed by atoms with Crippen LogP contribution in [0, 0.1) is 0 Å². The van der Waals surface area contributed by atoms with E-state index in [1.54, 1.807) is 0 Å². The average Bonchev–Trinajstić information content (AvgIpc) is 3.09. The Morgan fingerprint density at radius 2 is 0.846 bits per heavy atom. The number of hydrogen-bond acceptors (Lipinski definition) is 10. The number of rotatable bonds is 39. The van der Waals surface area contributed by atoms with Crippen LogP contribution in [-0.2, 0) is 47.7 Å². The molecular formula is C36H65N3O13. The number of amides is 3. The molecule has 0 heterocycles. The molecule has 1 atom stereocenters. The summed E-state index contributed by atoms with van der Waals surface area (Å²) in [5.74, 6) is -3.95. The first-order valence-corrected chi connectivity index (χ1v) is 18.9. The van der Waals surface area contributed by atoms with E-state index in [2.05, 4.69) is 16.0 Å². The molecule has 0 bridgehead atoms. The summed E-state index contributed by atoms with van der Waals surface area (Å²) in [7, 11) is 0. The Bertz CT molecular complexity index is 968. The predicted octanol–water partition coefficient (Wildman–Crippen LogP) is 3.44. The smallest absolute Gasteiger partial charge is 0.329 e. The van der Waals surface area contributed by atoms with Gasteiger partial charge in [0.1, 0.15) is 19.3 Å². The molecule has 52 heavy (non-hydrogen) atoms.